The molecule has 4 heteroatoms. The number of rotatable bonds is 3. The summed E-state index contributed by atoms with van der Waals surface area (Å²) in [4.78, 5) is 11.1. The van der Waals surface area contributed by atoms with Crippen molar-refractivity contribution in [3.05, 3.63) is 34.1 Å². The van der Waals surface area contributed by atoms with Gasteiger partial charge in [-0.3, -0.25) is 4.79 Å². The van der Waals surface area contributed by atoms with E-state index in [0.29, 0.717) is 10.0 Å². The molecule has 0 fully saturated rings. The van der Waals surface area contributed by atoms with E-state index < -0.39 is 11.9 Å². The molecule has 0 saturated carbocycles. The lowest BCUT2D eigenvalue weighted by molar-refractivity contribution is -0.125. The molecule has 1 aromatic carbocycles. The zero-order chi connectivity index (χ0) is 10.7. The van der Waals surface area contributed by atoms with Crippen LogP contribution in [0.15, 0.2) is 22.7 Å². The van der Waals surface area contributed by atoms with Crippen molar-refractivity contribution in [2.75, 3.05) is 0 Å². The summed E-state index contributed by atoms with van der Waals surface area (Å²) in [6, 6.07) is 4.38. The number of hydrogen-bond donors (Lipinski definition) is 1. The minimum Gasteiger partial charge on any atom is -0.386 e. The first kappa shape index (κ1) is 11.3. The topological polar surface area (TPSA) is 37.3 Å². The van der Waals surface area contributed by atoms with E-state index >= 15 is 0 Å². The van der Waals surface area contributed by atoms with Crippen molar-refractivity contribution in [3.63, 3.8) is 0 Å². The van der Waals surface area contributed by atoms with Gasteiger partial charge in [-0.25, -0.2) is 4.39 Å². The number of Topliss-reactive ketones (excluding diaryl/α,β-unsaturated/α-hetero) is 1. The van der Waals surface area contributed by atoms with Gasteiger partial charge in [0, 0.05) is 10.9 Å². The average molecular weight is 261 g/mol. The molecule has 1 atom stereocenters. The van der Waals surface area contributed by atoms with Gasteiger partial charge in [0.1, 0.15) is 11.9 Å². The lowest BCUT2D eigenvalue weighted by atomic mass is 10.1. The highest BCUT2D eigenvalue weighted by Gasteiger charge is 2.12. The van der Waals surface area contributed by atoms with E-state index in [2.05, 4.69) is 15.9 Å². The van der Waals surface area contributed by atoms with Gasteiger partial charge in [0.2, 0.25) is 0 Å². The van der Waals surface area contributed by atoms with E-state index in [0.717, 1.165) is 0 Å². The van der Waals surface area contributed by atoms with Crippen LogP contribution in [0, 0.1) is 5.82 Å². The average Bonchev–Trinajstić information content (AvgIpc) is 2.11. The Labute approximate surface area is 89.9 Å². The first-order chi connectivity index (χ1) is 6.50. The maximum absolute atomic E-state index is 13.1. The largest absolute Gasteiger partial charge is 0.386 e. The number of halogens is 2. The zero-order valence-electron chi connectivity index (χ0n) is 7.63. The molecular formula is C10H10BrFO2. The molecule has 0 saturated heterocycles. The van der Waals surface area contributed by atoms with E-state index in [-0.39, 0.29) is 12.2 Å². The number of ketones is 1. The Hall–Kier alpha value is -0.740. The summed E-state index contributed by atoms with van der Waals surface area (Å²) in [5.41, 5.74) is 0.297. The van der Waals surface area contributed by atoms with Crippen molar-refractivity contribution in [1.29, 1.82) is 0 Å². The number of aliphatic hydroxyl groups excluding tert-OH is 1. The maximum atomic E-state index is 13.1. The van der Waals surface area contributed by atoms with Crippen LogP contribution in [0.5, 0.6) is 0 Å². The second-order valence-corrected chi connectivity index (χ2v) is 3.97. The van der Waals surface area contributed by atoms with E-state index in [1.165, 1.54) is 19.1 Å². The SMILES string of the molecule is CC(O)C(=O)Cc1cc(Br)ccc1F. The lowest BCUT2D eigenvalue weighted by Gasteiger charge is -2.05. The van der Waals surface area contributed by atoms with Crippen LogP contribution in [0.25, 0.3) is 0 Å². The highest BCUT2D eigenvalue weighted by atomic mass is 79.9. The summed E-state index contributed by atoms with van der Waals surface area (Å²) in [7, 11) is 0. The lowest BCUT2D eigenvalue weighted by Crippen LogP contribution is -2.18. The second-order valence-electron chi connectivity index (χ2n) is 3.05. The van der Waals surface area contributed by atoms with E-state index in [1.807, 2.05) is 0 Å². The second kappa shape index (κ2) is 4.66. The van der Waals surface area contributed by atoms with Crippen LogP contribution >= 0.6 is 15.9 Å². The molecule has 1 N–H and O–H groups in total. The molecule has 0 aliphatic heterocycles. The predicted octanol–water partition coefficient (Wildman–Crippen LogP) is 2.08. The summed E-state index contributed by atoms with van der Waals surface area (Å²) < 4.78 is 13.9. The van der Waals surface area contributed by atoms with Crippen molar-refractivity contribution in [3.8, 4) is 0 Å². The first-order valence-electron chi connectivity index (χ1n) is 4.15. The fraction of sp³-hybridized carbons (Fsp3) is 0.300. The van der Waals surface area contributed by atoms with Crippen LogP contribution in [0.1, 0.15) is 12.5 Å². The van der Waals surface area contributed by atoms with Gasteiger partial charge in [-0.1, -0.05) is 15.9 Å². The molecule has 1 rings (SSSR count). The van der Waals surface area contributed by atoms with Gasteiger partial charge in [0.15, 0.2) is 5.78 Å². The molecule has 0 spiro atoms. The number of carbonyl (C=O) groups is 1. The molecule has 0 aliphatic carbocycles. The van der Waals surface area contributed by atoms with Gasteiger partial charge in [0.05, 0.1) is 0 Å². The smallest absolute Gasteiger partial charge is 0.165 e. The van der Waals surface area contributed by atoms with Gasteiger partial charge in [0.25, 0.3) is 0 Å². The van der Waals surface area contributed by atoms with Crippen molar-refractivity contribution in [2.45, 2.75) is 19.4 Å². The Morgan fingerprint density at radius 2 is 2.29 bits per heavy atom. The molecule has 0 bridgehead atoms. The molecule has 76 valence electrons. The van der Waals surface area contributed by atoms with Gasteiger partial charge in [-0.15, -0.1) is 0 Å². The van der Waals surface area contributed by atoms with Gasteiger partial charge >= 0.3 is 0 Å². The van der Waals surface area contributed by atoms with E-state index in [4.69, 9.17) is 5.11 Å². The van der Waals surface area contributed by atoms with Crippen molar-refractivity contribution in [1.82, 2.24) is 0 Å². The highest BCUT2D eigenvalue weighted by Crippen LogP contribution is 2.16. The van der Waals surface area contributed by atoms with Crippen LogP contribution in [0.3, 0.4) is 0 Å². The Kier molecular flexibility index (Phi) is 3.77. The number of aliphatic hydroxyl groups is 1. The molecule has 0 amide bonds. The Bertz CT molecular complexity index is 350. The molecule has 0 aromatic heterocycles. The molecule has 0 radical (unpaired) electrons. The standard InChI is InChI=1S/C10H10BrFO2/c1-6(13)10(14)5-7-4-8(11)2-3-9(7)12/h2-4,6,13H,5H2,1H3. The normalized spacial score (nSPS) is 12.6. The summed E-state index contributed by atoms with van der Waals surface area (Å²) in [5.74, 6) is -0.816. The van der Waals surface area contributed by atoms with E-state index in [9.17, 15) is 9.18 Å². The van der Waals surface area contributed by atoms with E-state index in [1.54, 1.807) is 6.07 Å². The number of hydrogen-bond acceptors (Lipinski definition) is 2. The quantitative estimate of drug-likeness (QED) is 0.904. The fourth-order valence-corrected chi connectivity index (χ4v) is 1.42. The molecule has 1 aromatic rings. The van der Waals surface area contributed by atoms with Crippen LogP contribution < -0.4 is 0 Å². The van der Waals surface area contributed by atoms with Crippen molar-refractivity contribution < 1.29 is 14.3 Å². The summed E-state index contributed by atoms with van der Waals surface area (Å²) in [6.45, 7) is 1.37. The van der Waals surface area contributed by atoms with Gasteiger partial charge < -0.3 is 5.11 Å². The fourth-order valence-electron chi connectivity index (χ4n) is 1.01. The van der Waals surface area contributed by atoms with Crippen LogP contribution in [0.4, 0.5) is 4.39 Å². The molecule has 14 heavy (non-hydrogen) atoms. The third-order valence-electron chi connectivity index (χ3n) is 1.84. The molecule has 2 nitrogen and oxygen atoms in total. The van der Waals surface area contributed by atoms with Crippen LogP contribution in [-0.2, 0) is 11.2 Å². The van der Waals surface area contributed by atoms with Crippen LogP contribution in [0.2, 0.25) is 0 Å². The first-order valence-corrected chi connectivity index (χ1v) is 4.94. The highest BCUT2D eigenvalue weighted by molar-refractivity contribution is 9.10. The monoisotopic (exact) mass is 260 g/mol. The number of carbonyl (C=O) groups excluding carboxylic acids is 1. The Morgan fingerprint density at radius 1 is 1.64 bits per heavy atom. The molecular weight excluding hydrogens is 251 g/mol. The predicted molar refractivity (Wildman–Crippen MR) is 54.5 cm³/mol. The molecule has 0 aliphatic rings. The third kappa shape index (κ3) is 2.89. The van der Waals surface area contributed by atoms with Crippen molar-refractivity contribution >= 4 is 21.7 Å². The van der Waals surface area contributed by atoms with Crippen LogP contribution in [-0.4, -0.2) is 17.0 Å². The van der Waals surface area contributed by atoms with Gasteiger partial charge in [-0.2, -0.15) is 0 Å². The Balaban J connectivity index is 2.86. The summed E-state index contributed by atoms with van der Waals surface area (Å²) >= 11 is 3.18. The molecule has 1 unspecified atom stereocenters. The maximum Gasteiger partial charge on any atom is 0.165 e. The summed E-state index contributed by atoms with van der Waals surface area (Å²) in [5, 5.41) is 8.96. The third-order valence-corrected chi connectivity index (χ3v) is 2.33. The minimum atomic E-state index is -1.05. The molecule has 0 heterocycles. The Morgan fingerprint density at radius 3 is 2.86 bits per heavy atom. The zero-order valence-corrected chi connectivity index (χ0v) is 9.21. The van der Waals surface area contributed by atoms with Crippen molar-refractivity contribution in [2.24, 2.45) is 0 Å². The summed E-state index contributed by atoms with van der Waals surface area (Å²) in [6.07, 6.45) is -1.13. The minimum absolute atomic E-state index is 0.0804. The number of benzene rings is 1. The van der Waals surface area contributed by atoms with Gasteiger partial charge in [-0.05, 0) is 30.7 Å².